The van der Waals surface area contributed by atoms with Gasteiger partial charge in [0.25, 0.3) is 0 Å². The summed E-state index contributed by atoms with van der Waals surface area (Å²) in [4.78, 5) is 29.1. The molecule has 0 radical (unpaired) electrons. The van der Waals surface area contributed by atoms with Gasteiger partial charge in [0.2, 0.25) is 11.8 Å². The third-order valence-electron chi connectivity index (χ3n) is 5.52. The molecule has 4 heteroatoms. The van der Waals surface area contributed by atoms with E-state index < -0.39 is 0 Å². The van der Waals surface area contributed by atoms with E-state index >= 15 is 0 Å². The van der Waals surface area contributed by atoms with Crippen LogP contribution in [0.5, 0.6) is 0 Å². The van der Waals surface area contributed by atoms with Gasteiger partial charge in [-0.2, -0.15) is 0 Å². The maximum absolute atomic E-state index is 12.5. The maximum Gasteiger partial charge on any atom is 0.223 e. The van der Waals surface area contributed by atoms with Crippen molar-refractivity contribution in [3.8, 4) is 0 Å². The molecule has 2 saturated heterocycles. The van der Waals surface area contributed by atoms with E-state index in [2.05, 4.69) is 27.7 Å². The number of likely N-dealkylation sites (tertiary alicyclic amines) is 2. The van der Waals surface area contributed by atoms with Crippen molar-refractivity contribution in [3.63, 3.8) is 0 Å². The Hall–Kier alpha value is -1.06. The van der Waals surface area contributed by atoms with Crippen molar-refractivity contribution in [2.75, 3.05) is 0 Å². The third-order valence-corrected chi connectivity index (χ3v) is 5.52. The van der Waals surface area contributed by atoms with Crippen molar-refractivity contribution in [2.24, 2.45) is 0 Å². The summed E-state index contributed by atoms with van der Waals surface area (Å²) in [6, 6.07) is 1.27. The smallest absolute Gasteiger partial charge is 0.223 e. The molecule has 0 spiro atoms. The minimum atomic E-state index is 0.158. The van der Waals surface area contributed by atoms with Gasteiger partial charge in [-0.05, 0) is 66.2 Å². The van der Waals surface area contributed by atoms with E-state index in [9.17, 15) is 9.59 Å². The molecule has 2 aliphatic rings. The molecule has 0 N–H and O–H groups in total. The van der Waals surface area contributed by atoms with E-state index in [4.69, 9.17) is 0 Å². The minimum Gasteiger partial charge on any atom is -0.337 e. The molecule has 2 rings (SSSR count). The van der Waals surface area contributed by atoms with Gasteiger partial charge in [0.1, 0.15) is 0 Å². The van der Waals surface area contributed by atoms with Crippen molar-refractivity contribution in [1.82, 2.24) is 9.80 Å². The molecule has 126 valence electrons. The van der Waals surface area contributed by atoms with Crippen LogP contribution in [0.3, 0.4) is 0 Å². The molecule has 0 saturated carbocycles. The summed E-state index contributed by atoms with van der Waals surface area (Å²) in [5.41, 5.74) is 0. The monoisotopic (exact) mass is 308 g/mol. The Balaban J connectivity index is 1.88. The number of hydrogen-bond acceptors (Lipinski definition) is 2. The zero-order valence-electron chi connectivity index (χ0n) is 14.7. The lowest BCUT2D eigenvalue weighted by atomic mass is 9.96. The highest BCUT2D eigenvalue weighted by Crippen LogP contribution is 2.25. The quantitative estimate of drug-likeness (QED) is 0.802. The first-order valence-electron chi connectivity index (χ1n) is 9.04. The van der Waals surface area contributed by atoms with Crippen LogP contribution in [-0.2, 0) is 9.59 Å². The minimum absolute atomic E-state index is 0.158. The Labute approximate surface area is 135 Å². The number of piperidine rings is 2. The van der Waals surface area contributed by atoms with Gasteiger partial charge in [-0.3, -0.25) is 9.59 Å². The van der Waals surface area contributed by atoms with E-state index in [-0.39, 0.29) is 11.8 Å². The average molecular weight is 308 g/mol. The van der Waals surface area contributed by atoms with Gasteiger partial charge in [0.15, 0.2) is 0 Å². The molecule has 2 amide bonds. The SMILES string of the molecule is C[C@H]1CCC[C@H](C)N1C(=O)CCC(=O)N1[C@@H](C)CCC[C@@H]1C. The fourth-order valence-electron chi connectivity index (χ4n) is 4.30. The number of amides is 2. The summed E-state index contributed by atoms with van der Waals surface area (Å²) in [7, 11) is 0. The van der Waals surface area contributed by atoms with E-state index in [0.717, 1.165) is 25.7 Å². The predicted octanol–water partition coefficient (Wildman–Crippen LogP) is 3.35. The number of carbonyl (C=O) groups excluding carboxylic acids is 2. The average Bonchev–Trinajstić information content (AvgIpc) is 2.44. The van der Waals surface area contributed by atoms with Gasteiger partial charge in [-0.15, -0.1) is 0 Å². The zero-order chi connectivity index (χ0) is 16.3. The topological polar surface area (TPSA) is 40.6 Å². The van der Waals surface area contributed by atoms with Crippen molar-refractivity contribution >= 4 is 11.8 Å². The van der Waals surface area contributed by atoms with Gasteiger partial charge in [-0.1, -0.05) is 0 Å². The van der Waals surface area contributed by atoms with Gasteiger partial charge < -0.3 is 9.80 Å². The van der Waals surface area contributed by atoms with Crippen LogP contribution in [-0.4, -0.2) is 45.8 Å². The van der Waals surface area contributed by atoms with Gasteiger partial charge in [0, 0.05) is 37.0 Å². The lowest BCUT2D eigenvalue weighted by Gasteiger charge is -2.40. The Bertz CT molecular complexity index is 352. The fraction of sp³-hybridized carbons (Fsp3) is 0.889. The second-order valence-electron chi connectivity index (χ2n) is 7.36. The number of rotatable bonds is 3. The van der Waals surface area contributed by atoms with Crippen LogP contribution in [0.25, 0.3) is 0 Å². The number of carbonyl (C=O) groups is 2. The van der Waals surface area contributed by atoms with Crippen LogP contribution in [0, 0.1) is 0 Å². The molecular formula is C18H32N2O2. The van der Waals surface area contributed by atoms with Crippen LogP contribution >= 0.6 is 0 Å². The van der Waals surface area contributed by atoms with Crippen LogP contribution in [0.1, 0.15) is 79.1 Å². The highest BCUT2D eigenvalue weighted by molar-refractivity contribution is 5.84. The lowest BCUT2D eigenvalue weighted by molar-refractivity contribution is -0.143. The summed E-state index contributed by atoms with van der Waals surface area (Å²) in [6.45, 7) is 8.52. The molecule has 0 unspecified atom stereocenters. The van der Waals surface area contributed by atoms with E-state index in [1.54, 1.807) is 0 Å². The Morgan fingerprint density at radius 3 is 1.23 bits per heavy atom. The standard InChI is InChI=1S/C18H32N2O2/c1-13-7-5-8-14(2)19(13)17(21)11-12-18(22)20-15(3)9-6-10-16(20)4/h13-16H,5-12H2,1-4H3/t13-,14-,15-,16-/m0/s1. The van der Waals surface area contributed by atoms with Crippen LogP contribution in [0.15, 0.2) is 0 Å². The molecule has 0 aromatic carbocycles. The number of nitrogens with zero attached hydrogens (tertiary/aromatic N) is 2. The van der Waals surface area contributed by atoms with Crippen LogP contribution in [0.2, 0.25) is 0 Å². The first-order valence-corrected chi connectivity index (χ1v) is 9.04. The highest BCUT2D eigenvalue weighted by Gasteiger charge is 2.31. The first-order chi connectivity index (χ1) is 10.4. The molecule has 4 atom stereocenters. The molecule has 0 aromatic rings. The Morgan fingerprint density at radius 1 is 0.682 bits per heavy atom. The summed E-state index contributed by atoms with van der Waals surface area (Å²) < 4.78 is 0. The molecule has 2 fully saturated rings. The molecule has 2 aliphatic heterocycles. The fourth-order valence-corrected chi connectivity index (χ4v) is 4.30. The van der Waals surface area contributed by atoms with Gasteiger partial charge in [0.05, 0.1) is 0 Å². The van der Waals surface area contributed by atoms with E-state index in [1.807, 2.05) is 9.80 Å². The first kappa shape index (κ1) is 17.3. The molecule has 22 heavy (non-hydrogen) atoms. The van der Waals surface area contributed by atoms with Crippen molar-refractivity contribution < 1.29 is 9.59 Å². The van der Waals surface area contributed by atoms with E-state index in [1.165, 1.54) is 12.8 Å². The molecule has 0 aliphatic carbocycles. The summed E-state index contributed by atoms with van der Waals surface area (Å²) in [5.74, 6) is 0.315. The number of hydrogen-bond donors (Lipinski definition) is 0. The molecule has 0 aromatic heterocycles. The molecule has 4 nitrogen and oxygen atoms in total. The summed E-state index contributed by atoms with van der Waals surface area (Å²) in [5, 5.41) is 0. The second-order valence-corrected chi connectivity index (χ2v) is 7.36. The normalized spacial score (nSPS) is 32.9. The largest absolute Gasteiger partial charge is 0.337 e. The molecule has 0 bridgehead atoms. The second kappa shape index (κ2) is 7.47. The summed E-state index contributed by atoms with van der Waals surface area (Å²) >= 11 is 0. The van der Waals surface area contributed by atoms with Crippen molar-refractivity contribution in [1.29, 1.82) is 0 Å². The van der Waals surface area contributed by atoms with Gasteiger partial charge in [-0.25, -0.2) is 0 Å². The summed E-state index contributed by atoms with van der Waals surface area (Å²) in [6.07, 6.45) is 7.48. The van der Waals surface area contributed by atoms with E-state index in [0.29, 0.717) is 37.0 Å². The van der Waals surface area contributed by atoms with Crippen LogP contribution in [0.4, 0.5) is 0 Å². The van der Waals surface area contributed by atoms with Crippen molar-refractivity contribution in [3.05, 3.63) is 0 Å². The van der Waals surface area contributed by atoms with Crippen LogP contribution < -0.4 is 0 Å². The predicted molar refractivity (Wildman–Crippen MR) is 88.5 cm³/mol. The lowest BCUT2D eigenvalue weighted by Crippen LogP contribution is -2.49. The maximum atomic E-state index is 12.5. The highest BCUT2D eigenvalue weighted by atomic mass is 16.2. The molecule has 2 heterocycles. The van der Waals surface area contributed by atoms with Gasteiger partial charge >= 0.3 is 0 Å². The zero-order valence-corrected chi connectivity index (χ0v) is 14.7. The third kappa shape index (κ3) is 3.82. The Kier molecular flexibility index (Phi) is 5.87. The molecular weight excluding hydrogens is 276 g/mol. The van der Waals surface area contributed by atoms with Crippen molar-refractivity contribution in [2.45, 2.75) is 103 Å². The Morgan fingerprint density at radius 2 is 0.955 bits per heavy atom.